The smallest absolute Gasteiger partial charge is 0.304 e. The molecule has 0 aromatic rings. The molecule has 0 N–H and O–H groups in total. The molecule has 0 atom stereocenters. The zero-order valence-electron chi connectivity index (χ0n) is 5.10. The predicted octanol–water partition coefficient (Wildman–Crippen LogP) is 0.0566. The van der Waals surface area contributed by atoms with Gasteiger partial charge < -0.3 is 8.85 Å². The summed E-state index contributed by atoms with van der Waals surface area (Å²) in [5.74, 6) is 0. The highest BCUT2D eigenvalue weighted by Gasteiger charge is 1.88. The van der Waals surface area contributed by atoms with E-state index in [1.807, 2.05) is 13.8 Å². The number of hydrogen-bond acceptors (Lipinski definition) is 2. The van der Waals surface area contributed by atoms with Crippen LogP contribution in [0.5, 0.6) is 0 Å². The van der Waals surface area contributed by atoms with E-state index in [-0.39, 0.29) is 0 Å². The van der Waals surface area contributed by atoms with Crippen molar-refractivity contribution in [3.8, 4) is 0 Å². The minimum absolute atomic E-state index is 0.339. The molecule has 0 aliphatic rings. The maximum Gasteiger partial charge on any atom is 0.304 e. The summed E-state index contributed by atoms with van der Waals surface area (Å²) in [6, 6.07) is 0. The van der Waals surface area contributed by atoms with Crippen molar-refractivity contribution in [3.63, 3.8) is 0 Å². The highest BCUT2D eigenvalue weighted by Crippen LogP contribution is 1.82. The minimum atomic E-state index is -0.626. The van der Waals surface area contributed by atoms with E-state index in [0.717, 1.165) is 0 Å². The third-order valence-electron chi connectivity index (χ3n) is 0.519. The van der Waals surface area contributed by atoms with Crippen LogP contribution in [0.15, 0.2) is 0 Å². The van der Waals surface area contributed by atoms with Crippen molar-refractivity contribution in [1.29, 1.82) is 0 Å². The summed E-state index contributed by atoms with van der Waals surface area (Å²) in [4.78, 5) is 0. The molecule has 0 radical (unpaired) electrons. The van der Waals surface area contributed by atoms with Crippen LogP contribution in [0.1, 0.15) is 13.8 Å². The van der Waals surface area contributed by atoms with Crippen molar-refractivity contribution in [2.45, 2.75) is 20.0 Å². The first-order valence-corrected chi connectivity index (χ1v) is 3.53. The SMILES string of the molecule is CO[SiH2]OC(C)C. The monoisotopic (exact) mass is 120 g/mol. The lowest BCUT2D eigenvalue weighted by molar-refractivity contribution is 0.201. The Bertz CT molecular complexity index is 38.7. The Morgan fingerprint density at radius 1 is 1.43 bits per heavy atom. The molecule has 0 aliphatic carbocycles. The average Bonchev–Trinajstić information content (AvgIpc) is 1.61. The number of rotatable bonds is 3. The van der Waals surface area contributed by atoms with Crippen molar-refractivity contribution in [1.82, 2.24) is 0 Å². The van der Waals surface area contributed by atoms with Gasteiger partial charge in [-0.3, -0.25) is 0 Å². The van der Waals surface area contributed by atoms with Gasteiger partial charge in [-0.15, -0.1) is 0 Å². The fraction of sp³-hybridized carbons (Fsp3) is 1.00. The summed E-state index contributed by atoms with van der Waals surface area (Å²) in [6.45, 7) is 4.01. The van der Waals surface area contributed by atoms with Gasteiger partial charge in [-0.2, -0.15) is 0 Å². The highest BCUT2D eigenvalue weighted by molar-refractivity contribution is 6.17. The largest absolute Gasteiger partial charge is 0.402 e. The number of hydrogen-bond donors (Lipinski definition) is 0. The maximum absolute atomic E-state index is 5.11. The summed E-state index contributed by atoms with van der Waals surface area (Å²) < 4.78 is 9.88. The van der Waals surface area contributed by atoms with E-state index >= 15 is 0 Å². The van der Waals surface area contributed by atoms with Gasteiger partial charge in [0.05, 0.1) is 0 Å². The van der Waals surface area contributed by atoms with Crippen molar-refractivity contribution in [2.24, 2.45) is 0 Å². The Morgan fingerprint density at radius 3 is 2.14 bits per heavy atom. The summed E-state index contributed by atoms with van der Waals surface area (Å²) >= 11 is 0. The van der Waals surface area contributed by atoms with Crippen molar-refractivity contribution < 1.29 is 8.85 Å². The fourth-order valence-electron chi connectivity index (χ4n) is 0.204. The summed E-state index contributed by atoms with van der Waals surface area (Å²) in [6.07, 6.45) is 0.339. The summed E-state index contributed by atoms with van der Waals surface area (Å²) in [7, 11) is 1.05. The molecule has 0 bridgehead atoms. The lowest BCUT2D eigenvalue weighted by atomic mass is 10.5. The minimum Gasteiger partial charge on any atom is -0.402 e. The first-order valence-electron chi connectivity index (χ1n) is 2.38. The Morgan fingerprint density at radius 2 is 2.00 bits per heavy atom. The van der Waals surface area contributed by atoms with E-state index in [1.165, 1.54) is 0 Å². The average molecular weight is 120 g/mol. The van der Waals surface area contributed by atoms with Crippen LogP contribution in [-0.2, 0) is 8.85 Å². The molecule has 44 valence electrons. The van der Waals surface area contributed by atoms with Crippen LogP contribution in [-0.4, -0.2) is 23.2 Å². The lowest BCUT2D eigenvalue weighted by Crippen LogP contribution is -2.08. The van der Waals surface area contributed by atoms with Gasteiger partial charge in [0.1, 0.15) is 0 Å². The van der Waals surface area contributed by atoms with Crippen LogP contribution < -0.4 is 0 Å². The third kappa shape index (κ3) is 6.14. The van der Waals surface area contributed by atoms with E-state index in [9.17, 15) is 0 Å². The van der Waals surface area contributed by atoms with Crippen LogP contribution in [0.2, 0.25) is 0 Å². The van der Waals surface area contributed by atoms with Gasteiger partial charge in [0.15, 0.2) is 0 Å². The van der Waals surface area contributed by atoms with E-state index in [4.69, 9.17) is 8.85 Å². The predicted molar refractivity (Wildman–Crippen MR) is 31.8 cm³/mol. The first-order chi connectivity index (χ1) is 3.27. The van der Waals surface area contributed by atoms with Gasteiger partial charge in [-0.05, 0) is 13.8 Å². The second-order valence-corrected chi connectivity index (χ2v) is 2.77. The molecule has 0 heterocycles. The van der Waals surface area contributed by atoms with E-state index in [0.29, 0.717) is 6.10 Å². The molecule has 0 aromatic heterocycles. The van der Waals surface area contributed by atoms with Crippen LogP contribution >= 0.6 is 0 Å². The Kier molecular flexibility index (Phi) is 4.38. The van der Waals surface area contributed by atoms with Gasteiger partial charge in [-0.1, -0.05) is 0 Å². The van der Waals surface area contributed by atoms with E-state index < -0.39 is 10.0 Å². The van der Waals surface area contributed by atoms with Gasteiger partial charge in [0.2, 0.25) is 0 Å². The van der Waals surface area contributed by atoms with Crippen LogP contribution in [0, 0.1) is 0 Å². The summed E-state index contributed by atoms with van der Waals surface area (Å²) in [5, 5.41) is 0. The third-order valence-corrected chi connectivity index (χ3v) is 1.56. The molecule has 3 heteroatoms. The van der Waals surface area contributed by atoms with Crippen molar-refractivity contribution in [3.05, 3.63) is 0 Å². The lowest BCUT2D eigenvalue weighted by Gasteiger charge is -2.03. The molecular formula is C4H12O2Si. The normalized spacial score (nSPS) is 12.0. The highest BCUT2D eigenvalue weighted by atomic mass is 28.3. The fourth-order valence-corrected chi connectivity index (χ4v) is 0.612. The molecule has 0 aliphatic heterocycles. The van der Waals surface area contributed by atoms with E-state index in [2.05, 4.69) is 0 Å². The second kappa shape index (κ2) is 4.30. The molecule has 0 fully saturated rings. The molecule has 0 spiro atoms. The van der Waals surface area contributed by atoms with Gasteiger partial charge in [-0.25, -0.2) is 0 Å². The molecule has 0 amide bonds. The molecule has 0 rings (SSSR count). The Labute approximate surface area is 46.9 Å². The van der Waals surface area contributed by atoms with E-state index in [1.54, 1.807) is 7.11 Å². The molecule has 7 heavy (non-hydrogen) atoms. The molecular weight excluding hydrogens is 108 g/mol. The van der Waals surface area contributed by atoms with Crippen LogP contribution in [0.25, 0.3) is 0 Å². The molecule has 2 nitrogen and oxygen atoms in total. The second-order valence-electron chi connectivity index (χ2n) is 1.62. The quantitative estimate of drug-likeness (QED) is 0.490. The van der Waals surface area contributed by atoms with Crippen LogP contribution in [0.4, 0.5) is 0 Å². The van der Waals surface area contributed by atoms with Crippen LogP contribution in [0.3, 0.4) is 0 Å². The van der Waals surface area contributed by atoms with Crippen molar-refractivity contribution in [2.75, 3.05) is 7.11 Å². The van der Waals surface area contributed by atoms with Gasteiger partial charge >= 0.3 is 10.0 Å². The first kappa shape index (κ1) is 7.14. The zero-order chi connectivity index (χ0) is 5.70. The molecule has 0 saturated heterocycles. The van der Waals surface area contributed by atoms with Crippen molar-refractivity contribution >= 4 is 10.0 Å². The van der Waals surface area contributed by atoms with Gasteiger partial charge in [0.25, 0.3) is 0 Å². The Hall–Kier alpha value is 0.137. The van der Waals surface area contributed by atoms with Gasteiger partial charge in [0, 0.05) is 13.2 Å². The summed E-state index contributed by atoms with van der Waals surface area (Å²) in [5.41, 5.74) is 0. The zero-order valence-corrected chi connectivity index (χ0v) is 6.52. The topological polar surface area (TPSA) is 18.5 Å². The molecule has 0 saturated carbocycles. The molecule has 0 unspecified atom stereocenters. The Balaban J connectivity index is 2.68. The standard InChI is InChI=1S/C4H12O2Si/c1-4(2)6-7-5-3/h4H,7H2,1-3H3. The maximum atomic E-state index is 5.11. The molecule has 0 aromatic carbocycles.